The molecule has 2 heterocycles. The first kappa shape index (κ1) is 12.3. The Morgan fingerprint density at radius 1 is 1.42 bits per heavy atom. The van der Waals surface area contributed by atoms with E-state index in [2.05, 4.69) is 0 Å². The second kappa shape index (κ2) is 4.74. The number of carboxylic acid groups (broad SMARTS) is 1. The van der Waals surface area contributed by atoms with E-state index in [1.54, 1.807) is 16.7 Å². The summed E-state index contributed by atoms with van der Waals surface area (Å²) in [4.78, 5) is 24.4. The van der Waals surface area contributed by atoms with Crippen molar-refractivity contribution in [3.05, 3.63) is 41.5 Å². The molecule has 1 amide bonds. The van der Waals surface area contributed by atoms with Crippen molar-refractivity contribution in [2.45, 2.75) is 18.2 Å². The Balaban J connectivity index is 1.99. The molecule has 2 aliphatic heterocycles. The maximum atomic E-state index is 11.7. The van der Waals surface area contributed by atoms with Crippen LogP contribution in [-0.2, 0) is 16.0 Å². The molecule has 4 nitrogen and oxygen atoms in total. The smallest absolute Gasteiger partial charge is 0.307 e. The van der Waals surface area contributed by atoms with Crippen molar-refractivity contribution in [1.82, 2.24) is 4.90 Å². The van der Waals surface area contributed by atoms with Gasteiger partial charge in [-0.15, -0.1) is 11.8 Å². The van der Waals surface area contributed by atoms with E-state index < -0.39 is 5.97 Å². The number of benzene rings is 1. The molecule has 1 unspecified atom stereocenters. The first-order valence-corrected chi connectivity index (χ1v) is 7.15. The fourth-order valence-electron chi connectivity index (χ4n) is 2.47. The highest BCUT2D eigenvalue weighted by molar-refractivity contribution is 8.00. The highest BCUT2D eigenvalue weighted by atomic mass is 32.2. The maximum absolute atomic E-state index is 11.7. The minimum Gasteiger partial charge on any atom is -0.481 e. The van der Waals surface area contributed by atoms with Gasteiger partial charge in [0.2, 0.25) is 5.91 Å². The average molecular weight is 275 g/mol. The van der Waals surface area contributed by atoms with Gasteiger partial charge in [-0.05, 0) is 11.6 Å². The van der Waals surface area contributed by atoms with Crippen LogP contribution in [0.25, 0.3) is 5.70 Å². The zero-order valence-electron chi connectivity index (χ0n) is 10.2. The number of carbonyl (C=O) groups is 2. The molecule has 1 N–H and O–H groups in total. The zero-order chi connectivity index (χ0) is 13.4. The molecule has 0 radical (unpaired) electrons. The Morgan fingerprint density at radius 3 is 2.95 bits per heavy atom. The maximum Gasteiger partial charge on any atom is 0.307 e. The summed E-state index contributed by atoms with van der Waals surface area (Å²) in [5.41, 5.74) is 2.49. The molecule has 0 spiro atoms. The van der Waals surface area contributed by atoms with Crippen molar-refractivity contribution >= 4 is 29.3 Å². The van der Waals surface area contributed by atoms with Crippen LogP contribution in [0.5, 0.6) is 0 Å². The van der Waals surface area contributed by atoms with Gasteiger partial charge in [0.05, 0.1) is 18.2 Å². The first-order valence-electron chi connectivity index (χ1n) is 6.10. The monoisotopic (exact) mass is 275 g/mol. The Morgan fingerprint density at radius 2 is 2.21 bits per heavy atom. The van der Waals surface area contributed by atoms with E-state index >= 15 is 0 Å². The van der Waals surface area contributed by atoms with Crippen molar-refractivity contribution < 1.29 is 14.7 Å². The van der Waals surface area contributed by atoms with Crippen LogP contribution in [0.4, 0.5) is 0 Å². The van der Waals surface area contributed by atoms with Crippen LogP contribution in [-0.4, -0.2) is 33.0 Å². The number of nitrogens with zero attached hydrogens (tertiary/aromatic N) is 1. The summed E-state index contributed by atoms with van der Waals surface area (Å²) in [5.74, 6) is 0.129. The highest BCUT2D eigenvalue weighted by Gasteiger charge is 2.41. The number of hydrogen-bond acceptors (Lipinski definition) is 3. The number of hydrogen-bond donors (Lipinski definition) is 1. The van der Waals surface area contributed by atoms with Gasteiger partial charge >= 0.3 is 5.97 Å². The van der Waals surface area contributed by atoms with Gasteiger partial charge in [-0.2, -0.15) is 0 Å². The summed E-state index contributed by atoms with van der Waals surface area (Å²) >= 11 is 1.75. The van der Waals surface area contributed by atoms with E-state index in [4.69, 9.17) is 5.11 Å². The van der Waals surface area contributed by atoms with Crippen LogP contribution in [0, 0.1) is 0 Å². The van der Waals surface area contributed by atoms with Crippen molar-refractivity contribution in [3.8, 4) is 0 Å². The van der Waals surface area contributed by atoms with Gasteiger partial charge in [-0.1, -0.05) is 24.3 Å². The van der Waals surface area contributed by atoms with Crippen molar-refractivity contribution in [2.24, 2.45) is 0 Å². The van der Waals surface area contributed by atoms with Crippen LogP contribution >= 0.6 is 11.8 Å². The van der Waals surface area contributed by atoms with Gasteiger partial charge in [0, 0.05) is 17.0 Å². The Kier molecular flexibility index (Phi) is 3.06. The van der Waals surface area contributed by atoms with E-state index in [1.807, 2.05) is 30.3 Å². The Hall–Kier alpha value is -1.75. The molecule has 3 rings (SSSR count). The molecule has 1 aromatic carbocycles. The third-order valence-corrected chi connectivity index (χ3v) is 4.49. The number of rotatable bonds is 3. The van der Waals surface area contributed by atoms with E-state index in [0.29, 0.717) is 6.42 Å². The number of thioether (sulfide) groups is 1. The number of carbonyl (C=O) groups excluding carboxylic acids is 1. The van der Waals surface area contributed by atoms with Gasteiger partial charge in [0.15, 0.2) is 0 Å². The summed E-state index contributed by atoms with van der Waals surface area (Å²) < 4.78 is 0. The second-order valence-electron chi connectivity index (χ2n) is 4.57. The molecule has 1 saturated heterocycles. The minimum absolute atomic E-state index is 0.0205. The highest BCUT2D eigenvalue weighted by Crippen LogP contribution is 2.41. The summed E-state index contributed by atoms with van der Waals surface area (Å²) in [7, 11) is 0. The predicted octanol–water partition coefficient (Wildman–Crippen LogP) is 1.96. The van der Waals surface area contributed by atoms with Gasteiger partial charge in [-0.3, -0.25) is 14.5 Å². The van der Waals surface area contributed by atoms with Crippen LogP contribution in [0.3, 0.4) is 0 Å². The zero-order valence-corrected chi connectivity index (χ0v) is 11.0. The molecule has 98 valence electrons. The van der Waals surface area contributed by atoms with E-state index in [-0.39, 0.29) is 17.7 Å². The van der Waals surface area contributed by atoms with Crippen molar-refractivity contribution in [2.75, 3.05) is 5.75 Å². The molecule has 0 aromatic heterocycles. The molecule has 0 bridgehead atoms. The van der Waals surface area contributed by atoms with E-state index in [0.717, 1.165) is 22.6 Å². The molecule has 1 fully saturated rings. The Bertz CT molecular complexity index is 582. The second-order valence-corrected chi connectivity index (χ2v) is 5.78. The van der Waals surface area contributed by atoms with Crippen LogP contribution in [0.2, 0.25) is 0 Å². The first-order chi connectivity index (χ1) is 9.16. The number of fused-ring (bicyclic) bond motifs is 1. The lowest BCUT2D eigenvalue weighted by Crippen LogP contribution is -2.50. The predicted molar refractivity (Wildman–Crippen MR) is 73.5 cm³/mol. The summed E-state index contributed by atoms with van der Waals surface area (Å²) in [6, 6.07) is 7.41. The molecule has 1 aromatic rings. The van der Waals surface area contributed by atoms with Crippen molar-refractivity contribution in [1.29, 1.82) is 0 Å². The molecular formula is C14H13NO3S. The van der Waals surface area contributed by atoms with Crippen LogP contribution < -0.4 is 0 Å². The molecule has 1 atom stereocenters. The lowest BCUT2D eigenvalue weighted by atomic mass is 9.98. The normalized spacial score (nSPS) is 21.5. The lowest BCUT2D eigenvalue weighted by molar-refractivity contribution is -0.137. The largest absolute Gasteiger partial charge is 0.481 e. The molecular weight excluding hydrogens is 262 g/mol. The van der Waals surface area contributed by atoms with Gasteiger partial charge < -0.3 is 5.11 Å². The molecule has 2 aliphatic rings. The number of amides is 1. The quantitative estimate of drug-likeness (QED) is 0.857. The van der Waals surface area contributed by atoms with Crippen LogP contribution in [0.15, 0.2) is 30.3 Å². The molecule has 19 heavy (non-hydrogen) atoms. The summed E-state index contributed by atoms with van der Waals surface area (Å²) in [6.45, 7) is 0. The molecule has 0 aliphatic carbocycles. The van der Waals surface area contributed by atoms with E-state index in [9.17, 15) is 9.59 Å². The Labute approximate surface area is 115 Å². The summed E-state index contributed by atoms with van der Waals surface area (Å²) in [6.07, 6.45) is 2.58. The topological polar surface area (TPSA) is 57.6 Å². The minimum atomic E-state index is -0.857. The third kappa shape index (κ3) is 2.14. The third-order valence-electron chi connectivity index (χ3n) is 3.37. The van der Waals surface area contributed by atoms with Gasteiger partial charge in [0.1, 0.15) is 0 Å². The fraction of sp³-hybridized carbons (Fsp3) is 0.286. The number of β-lactam (4-membered cyclic amide) rings is 1. The summed E-state index contributed by atoms with van der Waals surface area (Å²) in [5, 5.41) is 9.20. The number of carboxylic acids is 1. The molecule has 5 heteroatoms. The standard InChI is InChI=1S/C14H13NO3S/c16-12-8-13-15(12)11(5-6-19-13)10-4-2-1-3-9(10)7-14(17)18/h1-5,13H,6-8H2,(H,17,18). The fourth-order valence-corrected chi connectivity index (χ4v) is 3.59. The number of aliphatic carboxylic acids is 1. The van der Waals surface area contributed by atoms with Crippen LogP contribution in [0.1, 0.15) is 17.5 Å². The molecule has 0 saturated carbocycles. The van der Waals surface area contributed by atoms with Crippen molar-refractivity contribution in [3.63, 3.8) is 0 Å². The average Bonchev–Trinajstić information content (AvgIpc) is 2.37. The van der Waals surface area contributed by atoms with Gasteiger partial charge in [0.25, 0.3) is 0 Å². The lowest BCUT2D eigenvalue weighted by Gasteiger charge is -2.44. The van der Waals surface area contributed by atoms with Gasteiger partial charge in [-0.25, -0.2) is 0 Å². The van der Waals surface area contributed by atoms with E-state index in [1.165, 1.54) is 0 Å². The SMILES string of the molecule is O=C(O)Cc1ccccc1C1=CCSC2CC(=O)N12.